The summed E-state index contributed by atoms with van der Waals surface area (Å²) in [5.74, 6) is -0.389. The Kier molecular flexibility index (Phi) is 4.72. The van der Waals surface area contributed by atoms with Gasteiger partial charge >= 0.3 is 0 Å². The number of hydrogen-bond acceptors (Lipinski definition) is 2. The second-order valence-corrected chi connectivity index (χ2v) is 5.06. The van der Waals surface area contributed by atoms with Crippen LogP contribution in [0.15, 0.2) is 18.2 Å². The number of benzene rings is 1. The van der Waals surface area contributed by atoms with Crippen molar-refractivity contribution in [2.24, 2.45) is 0 Å². The molecule has 0 radical (unpaired) electrons. The fourth-order valence-corrected chi connectivity index (χ4v) is 2.29. The van der Waals surface area contributed by atoms with Crippen LogP contribution in [0.2, 0.25) is 5.02 Å². The van der Waals surface area contributed by atoms with Gasteiger partial charge in [0.15, 0.2) is 0 Å². The number of ether oxygens (including phenoxy) is 1. The average Bonchev–Trinajstić information content (AvgIpc) is 2.35. The fraction of sp³-hybridized carbons (Fsp3) is 0.500. The molecule has 0 aliphatic carbocycles. The van der Waals surface area contributed by atoms with Crippen LogP contribution in [0.1, 0.15) is 31.2 Å². The Morgan fingerprint density at radius 2 is 2.28 bits per heavy atom. The van der Waals surface area contributed by atoms with Crippen molar-refractivity contribution < 1.29 is 13.9 Å². The fourth-order valence-electron chi connectivity index (χ4n) is 2.17. The first-order valence-corrected chi connectivity index (χ1v) is 6.60. The van der Waals surface area contributed by atoms with Crippen LogP contribution in [0.25, 0.3) is 0 Å². The average molecular weight is 271 g/mol. The predicted octanol–water partition coefficient (Wildman–Crippen LogP) is 3.55. The van der Waals surface area contributed by atoms with Gasteiger partial charge in [0.25, 0.3) is 0 Å². The zero-order chi connectivity index (χ0) is 13.0. The predicted molar refractivity (Wildman–Crippen MR) is 68.3 cm³/mol. The van der Waals surface area contributed by atoms with E-state index in [9.17, 15) is 9.18 Å². The number of hydrogen-bond donors (Lipinski definition) is 0. The lowest BCUT2D eigenvalue weighted by Gasteiger charge is -2.21. The Labute approximate surface area is 111 Å². The highest BCUT2D eigenvalue weighted by molar-refractivity contribution is 6.30. The van der Waals surface area contributed by atoms with E-state index in [1.807, 2.05) is 0 Å². The molecule has 0 bridgehead atoms. The van der Waals surface area contributed by atoms with Crippen molar-refractivity contribution in [3.8, 4) is 0 Å². The highest BCUT2D eigenvalue weighted by Crippen LogP contribution is 2.19. The Balaban J connectivity index is 1.88. The van der Waals surface area contributed by atoms with E-state index in [2.05, 4.69) is 0 Å². The van der Waals surface area contributed by atoms with E-state index in [1.54, 1.807) is 6.07 Å². The van der Waals surface area contributed by atoms with E-state index in [-0.39, 0.29) is 23.3 Å². The second kappa shape index (κ2) is 6.30. The number of carbonyl (C=O) groups is 1. The largest absolute Gasteiger partial charge is 0.378 e. The maximum Gasteiger partial charge on any atom is 0.142 e. The van der Waals surface area contributed by atoms with Crippen LogP contribution in [0.3, 0.4) is 0 Å². The molecule has 2 nitrogen and oxygen atoms in total. The third kappa shape index (κ3) is 3.79. The van der Waals surface area contributed by atoms with Crippen molar-refractivity contribution in [1.82, 2.24) is 0 Å². The summed E-state index contributed by atoms with van der Waals surface area (Å²) in [5.41, 5.74) is 0.665. The topological polar surface area (TPSA) is 26.3 Å². The zero-order valence-corrected chi connectivity index (χ0v) is 10.9. The Bertz CT molecular complexity index is 428. The summed E-state index contributed by atoms with van der Waals surface area (Å²) >= 11 is 5.59. The van der Waals surface area contributed by atoms with Gasteiger partial charge in [0.1, 0.15) is 11.6 Å². The molecule has 1 aliphatic heterocycles. The van der Waals surface area contributed by atoms with E-state index < -0.39 is 5.82 Å². The molecule has 1 heterocycles. The molecule has 0 spiro atoms. The highest BCUT2D eigenvalue weighted by Gasteiger charge is 2.17. The van der Waals surface area contributed by atoms with Crippen molar-refractivity contribution >= 4 is 17.4 Å². The molecule has 1 aromatic carbocycles. The van der Waals surface area contributed by atoms with Gasteiger partial charge in [-0.3, -0.25) is 4.79 Å². The van der Waals surface area contributed by atoms with E-state index >= 15 is 0 Å². The summed E-state index contributed by atoms with van der Waals surface area (Å²) in [6.45, 7) is 0.744. The van der Waals surface area contributed by atoms with Crippen molar-refractivity contribution in [1.29, 1.82) is 0 Å². The number of ketones is 1. The zero-order valence-electron chi connectivity index (χ0n) is 10.1. The molecule has 1 saturated heterocycles. The van der Waals surface area contributed by atoms with Gasteiger partial charge < -0.3 is 4.74 Å². The Morgan fingerprint density at radius 3 is 2.94 bits per heavy atom. The smallest absolute Gasteiger partial charge is 0.142 e. The van der Waals surface area contributed by atoms with Gasteiger partial charge in [0.2, 0.25) is 0 Å². The maximum absolute atomic E-state index is 13.2. The molecule has 1 fully saturated rings. The molecule has 0 amide bonds. The van der Waals surface area contributed by atoms with Crippen molar-refractivity contribution in [2.45, 2.75) is 38.2 Å². The first-order valence-electron chi connectivity index (χ1n) is 6.22. The number of carbonyl (C=O) groups excluding carboxylic acids is 1. The Morgan fingerprint density at radius 1 is 1.44 bits per heavy atom. The molecule has 1 unspecified atom stereocenters. The van der Waals surface area contributed by atoms with Crippen molar-refractivity contribution in [3.63, 3.8) is 0 Å². The van der Waals surface area contributed by atoms with Gasteiger partial charge in [-0.15, -0.1) is 0 Å². The van der Waals surface area contributed by atoms with Crippen LogP contribution in [-0.2, 0) is 16.0 Å². The van der Waals surface area contributed by atoms with Crippen LogP contribution < -0.4 is 0 Å². The van der Waals surface area contributed by atoms with Gasteiger partial charge in [-0.1, -0.05) is 17.7 Å². The van der Waals surface area contributed by atoms with Gasteiger partial charge in [-0.2, -0.15) is 0 Å². The van der Waals surface area contributed by atoms with E-state index in [0.717, 1.165) is 25.9 Å². The molecule has 0 N–H and O–H groups in total. The number of halogens is 2. The van der Waals surface area contributed by atoms with Crippen LogP contribution in [-0.4, -0.2) is 18.5 Å². The first kappa shape index (κ1) is 13.5. The number of rotatable bonds is 4. The molecular weight excluding hydrogens is 255 g/mol. The molecule has 1 atom stereocenters. The third-order valence-corrected chi connectivity index (χ3v) is 3.42. The summed E-state index contributed by atoms with van der Waals surface area (Å²) < 4.78 is 18.7. The van der Waals surface area contributed by atoms with E-state index in [4.69, 9.17) is 16.3 Å². The molecule has 98 valence electrons. The quantitative estimate of drug-likeness (QED) is 0.836. The van der Waals surface area contributed by atoms with Crippen molar-refractivity contribution in [3.05, 3.63) is 34.6 Å². The van der Waals surface area contributed by atoms with Gasteiger partial charge in [-0.05, 0) is 37.0 Å². The van der Waals surface area contributed by atoms with Crippen LogP contribution in [0.4, 0.5) is 4.39 Å². The third-order valence-electron chi connectivity index (χ3n) is 3.11. The molecule has 0 aromatic heterocycles. The molecule has 1 aromatic rings. The maximum atomic E-state index is 13.2. The summed E-state index contributed by atoms with van der Waals surface area (Å²) in [6, 6.07) is 4.49. The standard InChI is InChI=1S/C14H16ClFO2/c15-13-5-4-10(8-14(13)16)7-11(17)9-12-3-1-2-6-18-12/h4-5,8,12H,1-3,6-7,9H2. The molecule has 0 saturated carbocycles. The first-order chi connectivity index (χ1) is 8.65. The normalized spacial score (nSPS) is 19.8. The minimum absolute atomic E-state index is 0.0448. The monoisotopic (exact) mass is 270 g/mol. The van der Waals surface area contributed by atoms with Gasteiger partial charge in [0, 0.05) is 19.4 Å². The van der Waals surface area contributed by atoms with Crippen LogP contribution in [0, 0.1) is 5.82 Å². The lowest BCUT2D eigenvalue weighted by atomic mass is 10.00. The van der Waals surface area contributed by atoms with Gasteiger partial charge in [-0.25, -0.2) is 4.39 Å². The highest BCUT2D eigenvalue weighted by atomic mass is 35.5. The number of Topliss-reactive ketones (excluding diaryl/α,β-unsaturated/α-hetero) is 1. The van der Waals surface area contributed by atoms with Gasteiger partial charge in [0.05, 0.1) is 11.1 Å². The van der Waals surface area contributed by atoms with E-state index in [1.165, 1.54) is 12.1 Å². The minimum atomic E-state index is -0.476. The van der Waals surface area contributed by atoms with E-state index in [0.29, 0.717) is 12.0 Å². The summed E-state index contributed by atoms with van der Waals surface area (Å²) in [5, 5.41) is 0.0850. The second-order valence-electron chi connectivity index (χ2n) is 4.66. The molecular formula is C14H16ClFO2. The molecule has 1 aliphatic rings. The minimum Gasteiger partial charge on any atom is -0.378 e. The summed E-state index contributed by atoms with van der Waals surface area (Å²) in [6.07, 6.45) is 3.85. The van der Waals surface area contributed by atoms with Crippen LogP contribution >= 0.6 is 11.6 Å². The molecule has 2 rings (SSSR count). The molecule has 4 heteroatoms. The summed E-state index contributed by atoms with van der Waals surface area (Å²) in [4.78, 5) is 11.8. The SMILES string of the molecule is O=C(Cc1ccc(Cl)c(F)c1)CC1CCCCO1. The van der Waals surface area contributed by atoms with Crippen LogP contribution in [0.5, 0.6) is 0 Å². The summed E-state index contributed by atoms with van der Waals surface area (Å²) in [7, 11) is 0. The molecule has 18 heavy (non-hydrogen) atoms. The lowest BCUT2D eigenvalue weighted by Crippen LogP contribution is -2.23. The van der Waals surface area contributed by atoms with Crippen molar-refractivity contribution in [2.75, 3.05) is 6.61 Å². The Hall–Kier alpha value is -0.930. The lowest BCUT2D eigenvalue weighted by molar-refractivity contribution is -0.122.